The van der Waals surface area contributed by atoms with E-state index in [2.05, 4.69) is 15.0 Å². The second-order valence-corrected chi connectivity index (χ2v) is 5.89. The van der Waals surface area contributed by atoms with Crippen LogP contribution in [0.3, 0.4) is 0 Å². The fraction of sp³-hybridized carbons (Fsp3) is 0.214. The summed E-state index contributed by atoms with van der Waals surface area (Å²) in [6, 6.07) is 8.28. The van der Waals surface area contributed by atoms with Crippen molar-refractivity contribution in [2.45, 2.75) is 11.8 Å². The minimum Gasteiger partial charge on any atom is -0.497 e. The van der Waals surface area contributed by atoms with Crippen molar-refractivity contribution in [3.05, 3.63) is 42.7 Å². The van der Waals surface area contributed by atoms with Crippen molar-refractivity contribution in [1.29, 1.82) is 0 Å². The molecule has 0 atom stereocenters. The molecule has 0 saturated carbocycles. The Balaban J connectivity index is 2.29. The van der Waals surface area contributed by atoms with Crippen LogP contribution in [0.4, 0.5) is 11.4 Å². The maximum atomic E-state index is 12.4. The van der Waals surface area contributed by atoms with Gasteiger partial charge in [0.1, 0.15) is 10.6 Å². The molecule has 0 bridgehead atoms. The number of benzene rings is 1. The van der Waals surface area contributed by atoms with E-state index < -0.39 is 10.0 Å². The molecule has 6 nitrogen and oxygen atoms in total. The maximum Gasteiger partial charge on any atom is 0.265 e. The standard InChI is InChI=1S/C14H17N3O3S/c1-3-16-13-8-9-15-10-14(13)21(18,19)17-11-4-6-12(20-2)7-5-11/h4-10,17H,3H2,1-2H3,(H,15,16). The Kier molecular flexibility index (Phi) is 4.64. The Morgan fingerprint density at radius 1 is 1.19 bits per heavy atom. The number of anilines is 2. The fourth-order valence-corrected chi connectivity index (χ4v) is 2.99. The molecule has 2 rings (SSSR count). The number of hydrogen-bond donors (Lipinski definition) is 2. The van der Waals surface area contributed by atoms with E-state index in [1.54, 1.807) is 43.6 Å². The molecule has 7 heteroatoms. The van der Waals surface area contributed by atoms with Crippen LogP contribution in [0.15, 0.2) is 47.6 Å². The third-order valence-corrected chi connectivity index (χ3v) is 4.19. The normalized spacial score (nSPS) is 11.0. The first-order chi connectivity index (χ1) is 10.1. The number of nitrogens with one attached hydrogen (secondary N) is 2. The Bertz CT molecular complexity index is 700. The summed E-state index contributed by atoms with van der Waals surface area (Å²) in [7, 11) is -2.15. The van der Waals surface area contributed by atoms with Gasteiger partial charge in [0, 0.05) is 24.6 Å². The van der Waals surface area contributed by atoms with Gasteiger partial charge in [0.25, 0.3) is 10.0 Å². The van der Waals surface area contributed by atoms with E-state index >= 15 is 0 Å². The lowest BCUT2D eigenvalue weighted by Crippen LogP contribution is -2.15. The second-order valence-electron chi connectivity index (χ2n) is 4.24. The number of sulfonamides is 1. The molecule has 21 heavy (non-hydrogen) atoms. The summed E-state index contributed by atoms with van der Waals surface area (Å²) < 4.78 is 32.4. The van der Waals surface area contributed by atoms with Gasteiger partial charge in [-0.15, -0.1) is 0 Å². The van der Waals surface area contributed by atoms with Crippen molar-refractivity contribution < 1.29 is 13.2 Å². The molecule has 2 aromatic rings. The molecule has 1 aromatic heterocycles. The quantitative estimate of drug-likeness (QED) is 0.856. The van der Waals surface area contributed by atoms with Gasteiger partial charge in [-0.25, -0.2) is 8.42 Å². The first kappa shape index (κ1) is 15.1. The van der Waals surface area contributed by atoms with Crippen LogP contribution in [-0.4, -0.2) is 27.1 Å². The maximum absolute atomic E-state index is 12.4. The first-order valence-corrected chi connectivity index (χ1v) is 7.90. The summed E-state index contributed by atoms with van der Waals surface area (Å²) >= 11 is 0. The number of aromatic nitrogens is 1. The van der Waals surface area contributed by atoms with Crippen LogP contribution < -0.4 is 14.8 Å². The third kappa shape index (κ3) is 3.63. The van der Waals surface area contributed by atoms with Crippen molar-refractivity contribution in [2.24, 2.45) is 0 Å². The van der Waals surface area contributed by atoms with Crippen molar-refractivity contribution in [2.75, 3.05) is 23.7 Å². The van der Waals surface area contributed by atoms with Gasteiger partial charge in [0.15, 0.2) is 0 Å². The zero-order valence-electron chi connectivity index (χ0n) is 11.8. The molecule has 0 aliphatic rings. The van der Waals surface area contributed by atoms with E-state index in [4.69, 9.17) is 4.74 Å². The zero-order chi connectivity index (χ0) is 15.3. The van der Waals surface area contributed by atoms with Crippen molar-refractivity contribution >= 4 is 21.4 Å². The molecule has 0 radical (unpaired) electrons. The smallest absolute Gasteiger partial charge is 0.265 e. The number of rotatable bonds is 6. The Labute approximate surface area is 124 Å². The molecule has 1 heterocycles. The van der Waals surface area contributed by atoms with E-state index in [0.717, 1.165) is 0 Å². The van der Waals surface area contributed by atoms with Crippen LogP contribution >= 0.6 is 0 Å². The van der Waals surface area contributed by atoms with Gasteiger partial charge in [-0.3, -0.25) is 9.71 Å². The van der Waals surface area contributed by atoms with Gasteiger partial charge >= 0.3 is 0 Å². The average Bonchev–Trinajstić information content (AvgIpc) is 2.48. The molecular weight excluding hydrogens is 290 g/mol. The van der Waals surface area contributed by atoms with Crippen molar-refractivity contribution in [3.63, 3.8) is 0 Å². The van der Waals surface area contributed by atoms with Gasteiger partial charge in [-0.1, -0.05) is 0 Å². The highest BCUT2D eigenvalue weighted by molar-refractivity contribution is 7.92. The number of pyridine rings is 1. The van der Waals surface area contributed by atoms with Crippen molar-refractivity contribution in [3.8, 4) is 5.75 Å². The summed E-state index contributed by atoms with van der Waals surface area (Å²) in [4.78, 5) is 4.00. The monoisotopic (exact) mass is 307 g/mol. The van der Waals surface area contributed by atoms with Gasteiger partial charge in [-0.05, 0) is 37.3 Å². The predicted octanol–water partition coefficient (Wildman–Crippen LogP) is 2.32. The van der Waals surface area contributed by atoms with E-state index in [1.807, 2.05) is 6.92 Å². The summed E-state index contributed by atoms with van der Waals surface area (Å²) in [5, 5.41) is 3.01. The zero-order valence-corrected chi connectivity index (χ0v) is 12.6. The molecule has 0 aliphatic heterocycles. The summed E-state index contributed by atoms with van der Waals surface area (Å²) in [5.41, 5.74) is 0.982. The highest BCUT2D eigenvalue weighted by atomic mass is 32.2. The van der Waals surface area contributed by atoms with Gasteiger partial charge in [0.05, 0.1) is 12.8 Å². The molecular formula is C14H17N3O3S. The van der Waals surface area contributed by atoms with Crippen molar-refractivity contribution in [1.82, 2.24) is 4.98 Å². The van der Waals surface area contributed by atoms with Gasteiger partial charge in [0.2, 0.25) is 0 Å². The van der Waals surface area contributed by atoms with E-state index in [1.165, 1.54) is 6.20 Å². The lowest BCUT2D eigenvalue weighted by molar-refractivity contribution is 0.415. The largest absolute Gasteiger partial charge is 0.497 e. The number of hydrogen-bond acceptors (Lipinski definition) is 5. The molecule has 0 aliphatic carbocycles. The Hall–Kier alpha value is -2.28. The van der Waals surface area contributed by atoms with Gasteiger partial charge in [-0.2, -0.15) is 0 Å². The van der Waals surface area contributed by atoms with E-state index in [0.29, 0.717) is 23.7 Å². The third-order valence-electron chi connectivity index (χ3n) is 2.78. The lowest BCUT2D eigenvalue weighted by Gasteiger charge is -2.12. The van der Waals surface area contributed by atoms with Crippen LogP contribution in [0.5, 0.6) is 5.75 Å². The lowest BCUT2D eigenvalue weighted by atomic mass is 10.3. The molecule has 0 saturated heterocycles. The number of nitrogens with zero attached hydrogens (tertiary/aromatic N) is 1. The fourth-order valence-electron chi connectivity index (χ4n) is 1.80. The molecule has 2 N–H and O–H groups in total. The van der Waals surface area contributed by atoms with Gasteiger partial charge < -0.3 is 10.1 Å². The van der Waals surface area contributed by atoms with E-state index in [-0.39, 0.29) is 4.90 Å². The minimum absolute atomic E-state index is 0.114. The molecule has 0 spiro atoms. The number of methoxy groups -OCH3 is 1. The predicted molar refractivity (Wildman–Crippen MR) is 82.2 cm³/mol. The molecule has 1 aromatic carbocycles. The number of ether oxygens (including phenoxy) is 1. The minimum atomic E-state index is -3.70. The highest BCUT2D eigenvalue weighted by Gasteiger charge is 2.18. The Morgan fingerprint density at radius 3 is 2.52 bits per heavy atom. The molecule has 0 unspecified atom stereocenters. The average molecular weight is 307 g/mol. The summed E-state index contributed by atoms with van der Waals surface area (Å²) in [6.45, 7) is 2.52. The summed E-state index contributed by atoms with van der Waals surface area (Å²) in [5.74, 6) is 0.660. The summed E-state index contributed by atoms with van der Waals surface area (Å²) in [6.07, 6.45) is 2.87. The first-order valence-electron chi connectivity index (χ1n) is 6.41. The Morgan fingerprint density at radius 2 is 1.90 bits per heavy atom. The molecule has 0 amide bonds. The van der Waals surface area contributed by atoms with Crippen LogP contribution in [0.2, 0.25) is 0 Å². The topological polar surface area (TPSA) is 80.3 Å². The highest BCUT2D eigenvalue weighted by Crippen LogP contribution is 2.23. The van der Waals surface area contributed by atoms with E-state index in [9.17, 15) is 8.42 Å². The van der Waals surface area contributed by atoms with Crippen LogP contribution in [0.1, 0.15) is 6.92 Å². The van der Waals surface area contributed by atoms with Crippen LogP contribution in [0.25, 0.3) is 0 Å². The molecule has 112 valence electrons. The van der Waals surface area contributed by atoms with Crippen LogP contribution in [0, 0.1) is 0 Å². The SMILES string of the molecule is CCNc1ccncc1S(=O)(=O)Nc1ccc(OC)cc1. The van der Waals surface area contributed by atoms with Crippen LogP contribution in [-0.2, 0) is 10.0 Å². The second kappa shape index (κ2) is 6.45. The molecule has 0 fully saturated rings.